The first-order valence-corrected chi connectivity index (χ1v) is 5.06. The summed E-state index contributed by atoms with van der Waals surface area (Å²) >= 11 is 0. The summed E-state index contributed by atoms with van der Waals surface area (Å²) in [5.41, 5.74) is 7.70. The van der Waals surface area contributed by atoms with Crippen LogP contribution in [0.15, 0.2) is 23.3 Å². The summed E-state index contributed by atoms with van der Waals surface area (Å²) in [5.74, 6) is 1.33. The number of hydrogen-bond acceptors (Lipinski definition) is 4. The monoisotopic (exact) mass is 237 g/mol. The van der Waals surface area contributed by atoms with E-state index in [4.69, 9.17) is 15.2 Å². The van der Waals surface area contributed by atoms with Crippen molar-refractivity contribution in [3.8, 4) is 11.5 Å². The number of hydrazone groups is 1. The lowest BCUT2D eigenvalue weighted by Crippen LogP contribution is -2.24. The Balaban J connectivity index is 2.91. The van der Waals surface area contributed by atoms with Gasteiger partial charge in [-0.3, -0.25) is 0 Å². The minimum Gasteiger partial charge on any atom is -0.497 e. The Morgan fingerprint density at radius 1 is 1.59 bits per heavy atom. The van der Waals surface area contributed by atoms with E-state index in [0.717, 1.165) is 0 Å². The van der Waals surface area contributed by atoms with Crippen LogP contribution in [0.2, 0.25) is 0 Å². The SMILES string of the molecule is CCOc1ccc(OC)cc1C=NNC(N)=O. The quantitative estimate of drug-likeness (QED) is 0.593. The highest BCUT2D eigenvalue weighted by Crippen LogP contribution is 2.22. The predicted octanol–water partition coefficient (Wildman–Crippen LogP) is 1.10. The Morgan fingerprint density at radius 3 is 2.94 bits per heavy atom. The second-order valence-electron chi connectivity index (χ2n) is 3.07. The van der Waals surface area contributed by atoms with Crippen molar-refractivity contribution in [3.63, 3.8) is 0 Å². The first-order chi connectivity index (χ1) is 8.17. The van der Waals surface area contributed by atoms with Crippen LogP contribution < -0.4 is 20.6 Å². The van der Waals surface area contributed by atoms with Crippen molar-refractivity contribution in [2.75, 3.05) is 13.7 Å². The number of carbonyl (C=O) groups is 1. The van der Waals surface area contributed by atoms with E-state index in [1.54, 1.807) is 25.3 Å². The Hall–Kier alpha value is -2.24. The van der Waals surface area contributed by atoms with Gasteiger partial charge >= 0.3 is 6.03 Å². The number of nitrogens with one attached hydrogen (secondary N) is 1. The van der Waals surface area contributed by atoms with Crippen molar-refractivity contribution in [1.82, 2.24) is 5.43 Å². The maximum Gasteiger partial charge on any atom is 0.332 e. The van der Waals surface area contributed by atoms with Gasteiger partial charge in [0.2, 0.25) is 0 Å². The van der Waals surface area contributed by atoms with E-state index >= 15 is 0 Å². The topological polar surface area (TPSA) is 85.9 Å². The lowest BCUT2D eigenvalue weighted by molar-refractivity contribution is 0.249. The van der Waals surface area contributed by atoms with E-state index in [2.05, 4.69) is 10.5 Å². The largest absolute Gasteiger partial charge is 0.497 e. The molecule has 1 rings (SSSR count). The van der Waals surface area contributed by atoms with Gasteiger partial charge in [-0.2, -0.15) is 5.10 Å². The summed E-state index contributed by atoms with van der Waals surface area (Å²) in [4.78, 5) is 10.5. The molecule has 0 fully saturated rings. The molecule has 0 bridgehead atoms. The number of rotatable bonds is 5. The number of amides is 2. The molecule has 0 unspecified atom stereocenters. The number of hydrogen-bond donors (Lipinski definition) is 2. The van der Waals surface area contributed by atoms with Gasteiger partial charge in [0.15, 0.2) is 0 Å². The van der Waals surface area contributed by atoms with Gasteiger partial charge in [-0.1, -0.05) is 0 Å². The van der Waals surface area contributed by atoms with Crippen LogP contribution in [0.4, 0.5) is 4.79 Å². The number of primary amides is 1. The molecule has 0 aliphatic rings. The Labute approximate surface area is 99.4 Å². The zero-order valence-corrected chi connectivity index (χ0v) is 9.77. The second-order valence-corrected chi connectivity index (χ2v) is 3.07. The third-order valence-corrected chi connectivity index (χ3v) is 1.90. The Kier molecular flexibility index (Phi) is 4.80. The minimum absolute atomic E-state index is 0.538. The summed E-state index contributed by atoms with van der Waals surface area (Å²) in [6.07, 6.45) is 1.44. The molecule has 6 heteroatoms. The number of urea groups is 1. The van der Waals surface area contributed by atoms with Crippen LogP contribution in [-0.2, 0) is 0 Å². The molecule has 0 saturated heterocycles. The fourth-order valence-corrected chi connectivity index (χ4v) is 1.21. The van der Waals surface area contributed by atoms with Crippen LogP contribution in [-0.4, -0.2) is 26.0 Å². The van der Waals surface area contributed by atoms with Crippen molar-refractivity contribution >= 4 is 12.2 Å². The van der Waals surface area contributed by atoms with Gasteiger partial charge < -0.3 is 15.2 Å². The van der Waals surface area contributed by atoms with Crippen LogP contribution in [0, 0.1) is 0 Å². The summed E-state index contributed by atoms with van der Waals surface area (Å²) < 4.78 is 10.5. The average Bonchev–Trinajstić information content (AvgIpc) is 2.31. The minimum atomic E-state index is -0.720. The number of methoxy groups -OCH3 is 1. The van der Waals surface area contributed by atoms with Gasteiger partial charge in [0, 0.05) is 5.56 Å². The molecule has 1 aromatic carbocycles. The van der Waals surface area contributed by atoms with E-state index < -0.39 is 6.03 Å². The lowest BCUT2D eigenvalue weighted by atomic mass is 10.2. The highest BCUT2D eigenvalue weighted by molar-refractivity contribution is 5.85. The predicted molar refractivity (Wildman–Crippen MR) is 64.5 cm³/mol. The number of benzene rings is 1. The van der Waals surface area contributed by atoms with Crippen LogP contribution in [0.5, 0.6) is 11.5 Å². The number of nitrogens with two attached hydrogens (primary N) is 1. The van der Waals surface area contributed by atoms with Crippen molar-refractivity contribution in [2.24, 2.45) is 10.8 Å². The summed E-state index contributed by atoms with van der Waals surface area (Å²) in [6, 6.07) is 4.58. The van der Waals surface area contributed by atoms with Crippen LogP contribution in [0.1, 0.15) is 12.5 Å². The molecule has 0 radical (unpaired) electrons. The molecule has 0 aliphatic carbocycles. The normalized spacial score (nSPS) is 10.2. The molecule has 0 heterocycles. The van der Waals surface area contributed by atoms with E-state index in [9.17, 15) is 4.79 Å². The molecule has 0 atom stereocenters. The fraction of sp³-hybridized carbons (Fsp3) is 0.273. The molecule has 6 nitrogen and oxygen atoms in total. The van der Waals surface area contributed by atoms with Gasteiger partial charge in [-0.25, -0.2) is 10.2 Å². The molecule has 0 aromatic heterocycles. The molecule has 17 heavy (non-hydrogen) atoms. The van der Waals surface area contributed by atoms with Crippen LogP contribution in [0.3, 0.4) is 0 Å². The summed E-state index contributed by atoms with van der Waals surface area (Å²) in [7, 11) is 1.57. The maximum atomic E-state index is 10.5. The second kappa shape index (κ2) is 6.37. The smallest absolute Gasteiger partial charge is 0.332 e. The number of nitrogens with zero attached hydrogens (tertiary/aromatic N) is 1. The van der Waals surface area contributed by atoms with Gasteiger partial charge in [0.05, 0.1) is 19.9 Å². The zero-order chi connectivity index (χ0) is 12.7. The molecule has 0 saturated carbocycles. The molecular formula is C11H15N3O3. The van der Waals surface area contributed by atoms with E-state index in [1.807, 2.05) is 6.92 Å². The molecular weight excluding hydrogens is 222 g/mol. The van der Waals surface area contributed by atoms with Crippen molar-refractivity contribution < 1.29 is 14.3 Å². The van der Waals surface area contributed by atoms with Gasteiger partial charge in [0.1, 0.15) is 11.5 Å². The van der Waals surface area contributed by atoms with E-state index in [0.29, 0.717) is 23.7 Å². The first kappa shape index (κ1) is 12.8. The van der Waals surface area contributed by atoms with Gasteiger partial charge in [0.25, 0.3) is 0 Å². The third kappa shape index (κ3) is 4.02. The summed E-state index contributed by atoms with van der Waals surface area (Å²) in [6.45, 7) is 2.42. The third-order valence-electron chi connectivity index (χ3n) is 1.90. The van der Waals surface area contributed by atoms with Crippen LogP contribution >= 0.6 is 0 Å². The number of ether oxygens (including phenoxy) is 2. The number of carbonyl (C=O) groups excluding carboxylic acids is 1. The molecule has 3 N–H and O–H groups in total. The molecule has 0 spiro atoms. The van der Waals surface area contributed by atoms with Gasteiger partial charge in [-0.05, 0) is 25.1 Å². The Morgan fingerprint density at radius 2 is 2.35 bits per heavy atom. The van der Waals surface area contributed by atoms with Crippen molar-refractivity contribution in [2.45, 2.75) is 6.92 Å². The molecule has 92 valence electrons. The van der Waals surface area contributed by atoms with Gasteiger partial charge in [-0.15, -0.1) is 0 Å². The molecule has 1 aromatic rings. The summed E-state index contributed by atoms with van der Waals surface area (Å²) in [5, 5.41) is 3.67. The highest BCUT2D eigenvalue weighted by atomic mass is 16.5. The highest BCUT2D eigenvalue weighted by Gasteiger charge is 2.03. The maximum absolute atomic E-state index is 10.5. The van der Waals surface area contributed by atoms with Crippen LogP contribution in [0.25, 0.3) is 0 Å². The van der Waals surface area contributed by atoms with Crippen molar-refractivity contribution in [3.05, 3.63) is 23.8 Å². The standard InChI is InChI=1S/C11H15N3O3/c1-3-17-10-5-4-9(16-2)6-8(10)7-13-14-11(12)15/h4-7H,3H2,1-2H3,(H3,12,14,15). The molecule has 2 amide bonds. The van der Waals surface area contributed by atoms with E-state index in [-0.39, 0.29) is 0 Å². The fourth-order valence-electron chi connectivity index (χ4n) is 1.21. The zero-order valence-electron chi connectivity index (χ0n) is 9.77. The average molecular weight is 237 g/mol. The van der Waals surface area contributed by atoms with Crippen molar-refractivity contribution in [1.29, 1.82) is 0 Å². The lowest BCUT2D eigenvalue weighted by Gasteiger charge is -2.08. The molecule has 0 aliphatic heterocycles. The Bertz CT molecular complexity index is 418. The first-order valence-electron chi connectivity index (χ1n) is 5.06. The van der Waals surface area contributed by atoms with E-state index in [1.165, 1.54) is 6.21 Å².